The molecule has 1 aromatic carbocycles. The highest BCUT2D eigenvalue weighted by Crippen LogP contribution is 2.27. The van der Waals surface area contributed by atoms with Gasteiger partial charge in [-0.2, -0.15) is 5.10 Å². The van der Waals surface area contributed by atoms with Crippen LogP contribution in [0.4, 0.5) is 4.39 Å². The van der Waals surface area contributed by atoms with E-state index in [4.69, 9.17) is 0 Å². The topological polar surface area (TPSA) is 83.6 Å². The summed E-state index contributed by atoms with van der Waals surface area (Å²) in [5.41, 5.74) is 3.48. The number of amides is 1. The number of aromatic nitrogens is 4. The van der Waals surface area contributed by atoms with Crippen molar-refractivity contribution >= 4 is 17.2 Å². The third kappa shape index (κ3) is 3.81. The number of carbonyl (C=O) groups excluding carboxylic acids is 1. The molecule has 8 heteroatoms. The van der Waals surface area contributed by atoms with Gasteiger partial charge in [0.15, 0.2) is 0 Å². The van der Waals surface area contributed by atoms with E-state index in [1.54, 1.807) is 30.6 Å². The number of H-pyrrole nitrogens is 1. The van der Waals surface area contributed by atoms with E-state index in [2.05, 4.69) is 25.5 Å². The predicted octanol–water partition coefficient (Wildman–Crippen LogP) is 3.97. The number of nitrogens with zero attached hydrogens (tertiary/aromatic N) is 3. The quantitative estimate of drug-likeness (QED) is 0.537. The number of rotatable bonds is 5. The second-order valence-corrected chi connectivity index (χ2v) is 7.21. The van der Waals surface area contributed by atoms with Crippen molar-refractivity contribution in [2.75, 3.05) is 0 Å². The molecule has 0 bridgehead atoms. The Morgan fingerprint density at radius 1 is 1.21 bits per heavy atom. The lowest BCUT2D eigenvalue weighted by atomic mass is 10.1. The van der Waals surface area contributed by atoms with E-state index in [9.17, 15) is 9.18 Å². The highest BCUT2D eigenvalue weighted by molar-refractivity contribution is 7.15. The number of benzene rings is 1. The van der Waals surface area contributed by atoms with Crippen LogP contribution in [0.1, 0.15) is 21.1 Å². The minimum Gasteiger partial charge on any atom is -0.346 e. The van der Waals surface area contributed by atoms with Crippen molar-refractivity contribution in [3.63, 3.8) is 0 Å². The third-order valence-corrected chi connectivity index (χ3v) is 5.38. The molecule has 140 valence electrons. The van der Waals surface area contributed by atoms with Gasteiger partial charge in [-0.25, -0.2) is 9.37 Å². The van der Waals surface area contributed by atoms with E-state index in [1.807, 2.05) is 19.1 Å². The summed E-state index contributed by atoms with van der Waals surface area (Å²) >= 11 is 1.53. The van der Waals surface area contributed by atoms with E-state index < -0.39 is 0 Å². The first-order chi connectivity index (χ1) is 13.6. The fraction of sp³-hybridized carbons (Fsp3) is 0.100. The van der Waals surface area contributed by atoms with Gasteiger partial charge in [-0.05, 0) is 49.4 Å². The van der Waals surface area contributed by atoms with Crippen LogP contribution in [0.3, 0.4) is 0 Å². The van der Waals surface area contributed by atoms with Crippen molar-refractivity contribution in [2.24, 2.45) is 0 Å². The number of carbonyl (C=O) groups is 1. The second-order valence-electron chi connectivity index (χ2n) is 6.13. The number of hydrogen-bond donors (Lipinski definition) is 2. The minimum atomic E-state index is -0.317. The first-order valence-electron chi connectivity index (χ1n) is 8.56. The molecule has 0 radical (unpaired) electrons. The Hall–Kier alpha value is -3.39. The molecule has 0 atom stereocenters. The maximum Gasteiger partial charge on any atom is 0.269 e. The van der Waals surface area contributed by atoms with Crippen LogP contribution < -0.4 is 5.32 Å². The van der Waals surface area contributed by atoms with E-state index in [1.165, 1.54) is 23.5 Å². The Morgan fingerprint density at radius 3 is 2.79 bits per heavy atom. The molecule has 0 aliphatic rings. The van der Waals surface area contributed by atoms with Crippen LogP contribution in [0.2, 0.25) is 0 Å². The number of thiazole rings is 1. The molecule has 0 fully saturated rings. The summed E-state index contributed by atoms with van der Waals surface area (Å²) in [5.74, 6) is -0.584. The van der Waals surface area contributed by atoms with Crippen molar-refractivity contribution in [1.82, 2.24) is 25.5 Å². The molecule has 4 aromatic rings. The Labute approximate surface area is 164 Å². The lowest BCUT2D eigenvalue weighted by Crippen LogP contribution is -2.23. The van der Waals surface area contributed by atoms with Gasteiger partial charge in [0.1, 0.15) is 16.5 Å². The number of aryl methyl sites for hydroxylation is 1. The van der Waals surface area contributed by atoms with Gasteiger partial charge < -0.3 is 5.32 Å². The molecule has 0 unspecified atom stereocenters. The highest BCUT2D eigenvalue weighted by Gasteiger charge is 2.14. The van der Waals surface area contributed by atoms with Crippen LogP contribution in [0.15, 0.2) is 54.9 Å². The van der Waals surface area contributed by atoms with Gasteiger partial charge in [0, 0.05) is 28.4 Å². The average Bonchev–Trinajstić information content (AvgIpc) is 3.35. The number of hydrogen-bond acceptors (Lipinski definition) is 5. The van der Waals surface area contributed by atoms with Crippen LogP contribution in [0.5, 0.6) is 0 Å². The summed E-state index contributed by atoms with van der Waals surface area (Å²) < 4.78 is 13.0. The van der Waals surface area contributed by atoms with E-state index in [0.717, 1.165) is 26.7 Å². The van der Waals surface area contributed by atoms with E-state index in [-0.39, 0.29) is 11.7 Å². The average molecular weight is 393 g/mol. The third-order valence-electron chi connectivity index (χ3n) is 4.17. The summed E-state index contributed by atoms with van der Waals surface area (Å²) in [4.78, 5) is 22.1. The predicted molar refractivity (Wildman–Crippen MR) is 105 cm³/mol. The molecule has 4 rings (SSSR count). The smallest absolute Gasteiger partial charge is 0.269 e. The largest absolute Gasteiger partial charge is 0.346 e. The molecule has 6 nitrogen and oxygen atoms in total. The highest BCUT2D eigenvalue weighted by atomic mass is 32.1. The molecule has 28 heavy (non-hydrogen) atoms. The Morgan fingerprint density at radius 2 is 2.04 bits per heavy atom. The van der Waals surface area contributed by atoms with E-state index in [0.29, 0.717) is 17.9 Å². The maximum atomic E-state index is 13.0. The normalized spacial score (nSPS) is 10.8. The number of nitrogens with one attached hydrogen (secondary N) is 2. The Bertz CT molecular complexity index is 1110. The van der Waals surface area contributed by atoms with Gasteiger partial charge in [-0.3, -0.25) is 14.9 Å². The summed E-state index contributed by atoms with van der Waals surface area (Å²) in [6, 6.07) is 11.4. The molecule has 0 saturated carbocycles. The zero-order valence-electron chi connectivity index (χ0n) is 14.9. The zero-order valence-corrected chi connectivity index (χ0v) is 15.8. The van der Waals surface area contributed by atoms with Crippen molar-refractivity contribution < 1.29 is 9.18 Å². The number of halogens is 1. The Balaban J connectivity index is 1.44. The molecule has 3 aromatic heterocycles. The molecule has 2 N–H and O–H groups in total. The molecular formula is C20H16FN5OS. The summed E-state index contributed by atoms with van der Waals surface area (Å²) in [7, 11) is 0. The standard InChI is InChI=1S/C20H16FN5OS/c1-12-18(28-20(24-12)14-3-2-8-22-10-14)11-23-19(27)17-9-16(25-26-17)13-4-6-15(21)7-5-13/h2-10H,11H2,1H3,(H,23,27)(H,25,26). The zero-order chi connectivity index (χ0) is 19.5. The van der Waals surface area contributed by atoms with Crippen molar-refractivity contribution in [2.45, 2.75) is 13.5 Å². The molecule has 1 amide bonds. The van der Waals surface area contributed by atoms with Gasteiger partial charge in [0.05, 0.1) is 17.9 Å². The lowest BCUT2D eigenvalue weighted by molar-refractivity contribution is 0.0946. The van der Waals surface area contributed by atoms with Gasteiger partial charge in [0.25, 0.3) is 5.91 Å². The summed E-state index contributed by atoms with van der Waals surface area (Å²) in [5, 5.41) is 10.6. The van der Waals surface area contributed by atoms with Crippen molar-refractivity contribution in [3.05, 3.63) is 76.9 Å². The van der Waals surface area contributed by atoms with Crippen molar-refractivity contribution in [3.8, 4) is 21.8 Å². The summed E-state index contributed by atoms with van der Waals surface area (Å²) in [6.45, 7) is 2.29. The lowest BCUT2D eigenvalue weighted by Gasteiger charge is -2.01. The SMILES string of the molecule is Cc1nc(-c2cccnc2)sc1CNC(=O)c1cc(-c2ccc(F)cc2)n[nH]1. The van der Waals surface area contributed by atoms with Gasteiger partial charge in [-0.1, -0.05) is 0 Å². The minimum absolute atomic E-state index is 0.267. The van der Waals surface area contributed by atoms with Crippen LogP contribution >= 0.6 is 11.3 Å². The van der Waals surface area contributed by atoms with Gasteiger partial charge in [-0.15, -0.1) is 11.3 Å². The molecule has 0 aliphatic heterocycles. The number of pyridine rings is 1. The molecule has 3 heterocycles. The second kappa shape index (κ2) is 7.69. The molecular weight excluding hydrogens is 377 g/mol. The fourth-order valence-corrected chi connectivity index (χ4v) is 3.66. The van der Waals surface area contributed by atoms with Crippen molar-refractivity contribution in [1.29, 1.82) is 0 Å². The molecule has 0 aliphatic carbocycles. The molecule has 0 saturated heterocycles. The summed E-state index contributed by atoms with van der Waals surface area (Å²) in [6.07, 6.45) is 3.48. The first-order valence-corrected chi connectivity index (χ1v) is 9.38. The fourth-order valence-electron chi connectivity index (χ4n) is 2.67. The van der Waals surface area contributed by atoms with Gasteiger partial charge in [0.2, 0.25) is 0 Å². The Kier molecular flexibility index (Phi) is 4.94. The molecule has 0 spiro atoms. The maximum absolute atomic E-state index is 13.0. The van der Waals surface area contributed by atoms with Crippen LogP contribution in [-0.4, -0.2) is 26.1 Å². The first kappa shape index (κ1) is 18.0. The van der Waals surface area contributed by atoms with E-state index >= 15 is 0 Å². The van der Waals surface area contributed by atoms with Crippen LogP contribution in [0.25, 0.3) is 21.8 Å². The van der Waals surface area contributed by atoms with Crippen LogP contribution in [-0.2, 0) is 6.54 Å². The number of aromatic amines is 1. The van der Waals surface area contributed by atoms with Gasteiger partial charge >= 0.3 is 0 Å². The van der Waals surface area contributed by atoms with Crippen LogP contribution in [0, 0.1) is 12.7 Å². The monoisotopic (exact) mass is 393 g/mol.